The van der Waals surface area contributed by atoms with E-state index < -0.39 is 0 Å². The second kappa shape index (κ2) is 5.62. The number of rotatable bonds is 5. The normalized spacial score (nSPS) is 10.1. The molecule has 0 aromatic heterocycles. The van der Waals surface area contributed by atoms with Crippen molar-refractivity contribution in [2.24, 2.45) is 0 Å². The summed E-state index contributed by atoms with van der Waals surface area (Å²) in [6, 6.07) is 6.68. The molecule has 0 saturated heterocycles. The summed E-state index contributed by atoms with van der Waals surface area (Å²) in [5.74, 6) is 0.752. The Morgan fingerprint density at radius 3 is 2.79 bits per heavy atom. The average Bonchev–Trinajstić information content (AvgIpc) is 2.19. The molecule has 1 rings (SSSR count). The molecule has 5 heteroatoms. The molecular formula is C9H11NO3S. The molecule has 0 aliphatic carbocycles. The highest BCUT2D eigenvalue weighted by atomic mass is 32.2. The predicted molar refractivity (Wildman–Crippen MR) is 56.3 cm³/mol. The molecule has 76 valence electrons. The van der Waals surface area contributed by atoms with Gasteiger partial charge in [-0.25, -0.2) is 0 Å². The highest BCUT2D eigenvalue weighted by molar-refractivity contribution is 7.99. The number of aliphatic hydroxyl groups is 1. The van der Waals surface area contributed by atoms with Crippen molar-refractivity contribution in [3.63, 3.8) is 0 Å². The van der Waals surface area contributed by atoms with Gasteiger partial charge in [0.1, 0.15) is 0 Å². The van der Waals surface area contributed by atoms with Gasteiger partial charge in [-0.05, 0) is 12.2 Å². The quantitative estimate of drug-likeness (QED) is 0.351. The van der Waals surface area contributed by atoms with Crippen LogP contribution in [-0.4, -0.2) is 21.7 Å². The lowest BCUT2D eigenvalue weighted by Crippen LogP contribution is -1.97. The van der Waals surface area contributed by atoms with Gasteiger partial charge in [0.2, 0.25) is 0 Å². The molecule has 0 unspecified atom stereocenters. The molecule has 0 radical (unpaired) electrons. The van der Waals surface area contributed by atoms with E-state index in [1.165, 1.54) is 17.8 Å². The fourth-order valence-electron chi connectivity index (χ4n) is 1.15. The second-order valence-corrected chi connectivity index (χ2v) is 3.75. The number of benzene rings is 1. The molecule has 0 saturated carbocycles. The van der Waals surface area contributed by atoms with Crippen LogP contribution in [0.2, 0.25) is 0 Å². The number of thioether (sulfide) groups is 1. The number of nitrogens with zero attached hydrogens (tertiary/aromatic N) is 1. The van der Waals surface area contributed by atoms with Crippen molar-refractivity contribution in [2.75, 3.05) is 11.7 Å². The number of hydrogen-bond acceptors (Lipinski definition) is 4. The van der Waals surface area contributed by atoms with Crippen LogP contribution in [0.4, 0.5) is 5.69 Å². The monoisotopic (exact) mass is 213 g/mol. The molecule has 0 spiro atoms. The summed E-state index contributed by atoms with van der Waals surface area (Å²) in [5.41, 5.74) is 0.879. The maximum Gasteiger partial charge on any atom is 0.272 e. The van der Waals surface area contributed by atoms with Crippen LogP contribution in [0.5, 0.6) is 0 Å². The van der Waals surface area contributed by atoms with Crippen molar-refractivity contribution in [1.29, 1.82) is 0 Å². The van der Waals surface area contributed by atoms with E-state index in [0.717, 1.165) is 5.56 Å². The zero-order valence-electron chi connectivity index (χ0n) is 7.55. The van der Waals surface area contributed by atoms with Gasteiger partial charge < -0.3 is 5.11 Å². The molecule has 1 aromatic rings. The molecule has 0 fully saturated rings. The molecule has 0 atom stereocenters. The molecule has 1 aromatic carbocycles. The fraction of sp³-hybridized carbons (Fsp3) is 0.333. The summed E-state index contributed by atoms with van der Waals surface area (Å²) in [6.45, 7) is 0. The first-order valence-corrected chi connectivity index (χ1v) is 5.32. The van der Waals surface area contributed by atoms with Crippen LogP contribution in [0.15, 0.2) is 24.3 Å². The van der Waals surface area contributed by atoms with E-state index in [-0.39, 0.29) is 16.5 Å². The van der Waals surface area contributed by atoms with Crippen molar-refractivity contribution >= 4 is 17.4 Å². The minimum atomic E-state index is -0.376. The maximum atomic E-state index is 10.6. The first-order valence-electron chi connectivity index (χ1n) is 4.16. The van der Waals surface area contributed by atoms with Crippen molar-refractivity contribution < 1.29 is 10.0 Å². The molecule has 4 nitrogen and oxygen atoms in total. The van der Waals surface area contributed by atoms with Gasteiger partial charge in [0.25, 0.3) is 5.69 Å². The number of nitro groups is 1. The van der Waals surface area contributed by atoms with Crippen LogP contribution in [0.1, 0.15) is 5.56 Å². The van der Waals surface area contributed by atoms with Crippen LogP contribution in [0, 0.1) is 10.1 Å². The summed E-state index contributed by atoms with van der Waals surface area (Å²) in [7, 11) is 0. The Morgan fingerprint density at radius 2 is 2.14 bits per heavy atom. The first kappa shape index (κ1) is 11.0. The Bertz CT molecular complexity index is 317. The minimum Gasteiger partial charge on any atom is -0.386 e. The molecule has 0 heterocycles. The Balaban J connectivity index is 2.69. The number of aryl methyl sites for hydroxylation is 1. The third kappa shape index (κ3) is 3.01. The Labute approximate surface area is 86.1 Å². The molecule has 0 bridgehead atoms. The lowest BCUT2D eigenvalue weighted by molar-refractivity contribution is -0.385. The van der Waals surface area contributed by atoms with Gasteiger partial charge in [-0.1, -0.05) is 18.2 Å². The second-order valence-electron chi connectivity index (χ2n) is 2.67. The van der Waals surface area contributed by atoms with Gasteiger partial charge in [0.15, 0.2) is 0 Å². The van der Waals surface area contributed by atoms with Crippen molar-refractivity contribution in [1.82, 2.24) is 0 Å². The van der Waals surface area contributed by atoms with E-state index in [4.69, 9.17) is 5.11 Å². The van der Waals surface area contributed by atoms with Gasteiger partial charge >= 0.3 is 0 Å². The zero-order valence-corrected chi connectivity index (χ0v) is 8.37. The summed E-state index contributed by atoms with van der Waals surface area (Å²) in [6.07, 6.45) is 0.613. The molecule has 1 N–H and O–H groups in total. The third-order valence-corrected chi connectivity index (χ3v) is 2.47. The smallest absolute Gasteiger partial charge is 0.272 e. The molecule has 14 heavy (non-hydrogen) atoms. The van der Waals surface area contributed by atoms with Crippen LogP contribution in [-0.2, 0) is 6.42 Å². The largest absolute Gasteiger partial charge is 0.386 e. The van der Waals surface area contributed by atoms with Crippen LogP contribution < -0.4 is 0 Å². The van der Waals surface area contributed by atoms with Crippen molar-refractivity contribution in [3.8, 4) is 0 Å². The van der Waals surface area contributed by atoms with Crippen LogP contribution in [0.3, 0.4) is 0 Å². The average molecular weight is 213 g/mol. The van der Waals surface area contributed by atoms with Crippen LogP contribution >= 0.6 is 11.8 Å². The molecule has 0 aliphatic rings. The Morgan fingerprint density at radius 1 is 1.43 bits per heavy atom. The van der Waals surface area contributed by atoms with Gasteiger partial charge in [-0.2, -0.15) is 0 Å². The van der Waals surface area contributed by atoms with E-state index in [1.807, 2.05) is 0 Å². The summed E-state index contributed by atoms with van der Waals surface area (Å²) >= 11 is 1.36. The van der Waals surface area contributed by atoms with E-state index in [1.54, 1.807) is 18.2 Å². The van der Waals surface area contributed by atoms with Gasteiger partial charge in [-0.15, -0.1) is 11.8 Å². The highest BCUT2D eigenvalue weighted by Crippen LogP contribution is 2.19. The summed E-state index contributed by atoms with van der Waals surface area (Å²) < 4.78 is 0. The lowest BCUT2D eigenvalue weighted by atomic mass is 10.1. The Hall–Kier alpha value is -1.07. The lowest BCUT2D eigenvalue weighted by Gasteiger charge is -2.01. The minimum absolute atomic E-state index is 0.0562. The molecule has 0 amide bonds. The standard InChI is InChI=1S/C9H11NO3S/c11-7-14-6-5-8-3-1-2-4-9(8)10(12)13/h1-4,11H,5-7H2. The number of nitro benzene ring substituents is 1. The van der Waals surface area contributed by atoms with E-state index >= 15 is 0 Å². The zero-order chi connectivity index (χ0) is 10.4. The predicted octanol–water partition coefficient (Wildman–Crippen LogP) is 1.82. The van der Waals surface area contributed by atoms with E-state index in [2.05, 4.69) is 0 Å². The maximum absolute atomic E-state index is 10.6. The SMILES string of the molecule is O=[N+]([O-])c1ccccc1CCSCO. The topological polar surface area (TPSA) is 63.4 Å². The molecular weight excluding hydrogens is 202 g/mol. The van der Waals surface area contributed by atoms with Gasteiger partial charge in [0, 0.05) is 11.6 Å². The summed E-state index contributed by atoms with van der Waals surface area (Å²) in [5, 5.41) is 19.2. The fourth-order valence-corrected chi connectivity index (χ4v) is 1.64. The third-order valence-electron chi connectivity index (χ3n) is 1.80. The first-order chi connectivity index (χ1) is 6.75. The van der Waals surface area contributed by atoms with Gasteiger partial charge in [0.05, 0.1) is 10.9 Å². The van der Waals surface area contributed by atoms with E-state index in [0.29, 0.717) is 12.2 Å². The Kier molecular flexibility index (Phi) is 4.42. The van der Waals surface area contributed by atoms with E-state index in [9.17, 15) is 10.1 Å². The number of hydrogen-bond donors (Lipinski definition) is 1. The van der Waals surface area contributed by atoms with Crippen molar-refractivity contribution in [3.05, 3.63) is 39.9 Å². The van der Waals surface area contributed by atoms with Crippen molar-refractivity contribution in [2.45, 2.75) is 6.42 Å². The summed E-state index contributed by atoms with van der Waals surface area (Å²) in [4.78, 5) is 10.2. The van der Waals surface area contributed by atoms with Crippen LogP contribution in [0.25, 0.3) is 0 Å². The highest BCUT2D eigenvalue weighted by Gasteiger charge is 2.10. The number of aliphatic hydroxyl groups excluding tert-OH is 1. The number of para-hydroxylation sites is 1. The molecule has 0 aliphatic heterocycles. The van der Waals surface area contributed by atoms with Gasteiger partial charge in [-0.3, -0.25) is 10.1 Å².